The second-order valence-electron chi connectivity index (χ2n) is 3.36. The zero-order chi connectivity index (χ0) is 15.3. The van der Waals surface area contributed by atoms with Crippen molar-refractivity contribution >= 4 is 26.3 Å². The maximum Gasteiger partial charge on any atom is 0.472 e. The van der Waals surface area contributed by atoms with Crippen LogP contribution in [0.5, 0.6) is 0 Å². The van der Waals surface area contributed by atoms with E-state index in [9.17, 15) is 19.0 Å². The smallest absolute Gasteiger partial charge is 0.463 e. The van der Waals surface area contributed by atoms with Gasteiger partial charge in [0.05, 0.1) is 19.8 Å². The summed E-state index contributed by atoms with van der Waals surface area (Å²) in [7, 11) is -4.15. The molecule has 1 unspecified atom stereocenters. The fourth-order valence-corrected chi connectivity index (χ4v) is 1.61. The molecule has 1 N–H and O–H groups in total. The van der Waals surface area contributed by atoms with Crippen molar-refractivity contribution in [3.05, 3.63) is 12.2 Å². The van der Waals surface area contributed by atoms with Gasteiger partial charge in [-0.25, -0.2) is 4.57 Å². The first-order chi connectivity index (χ1) is 9.48. The van der Waals surface area contributed by atoms with Gasteiger partial charge in [0, 0.05) is 19.6 Å². The maximum absolute atomic E-state index is 11.3. The van der Waals surface area contributed by atoms with Crippen molar-refractivity contribution in [3.8, 4) is 0 Å². The third kappa shape index (κ3) is 13.1. The number of hydrogen-bond donors (Lipinski definition) is 1. The lowest BCUT2D eigenvalue weighted by Gasteiger charge is -2.11. The summed E-state index contributed by atoms with van der Waals surface area (Å²) in [5.74, 6) is -0.501. The van der Waals surface area contributed by atoms with E-state index in [-0.39, 0.29) is 26.4 Å². The summed E-state index contributed by atoms with van der Waals surface area (Å²) in [5.41, 5.74) is 0. The normalized spacial score (nSPS) is 14.5. The van der Waals surface area contributed by atoms with Crippen molar-refractivity contribution in [1.29, 1.82) is 0 Å². The van der Waals surface area contributed by atoms with E-state index in [1.165, 1.54) is 13.1 Å². The summed E-state index contributed by atoms with van der Waals surface area (Å²) in [6.07, 6.45) is 5.72. The summed E-state index contributed by atoms with van der Waals surface area (Å²) in [6, 6.07) is 0. The highest BCUT2D eigenvalue weighted by Gasteiger charge is 2.20. The minimum atomic E-state index is -4.15. The quantitative estimate of drug-likeness (QED) is 0.198. The molecule has 8 nitrogen and oxygen atoms in total. The molecule has 0 saturated carbocycles. The molecule has 114 valence electrons. The molecule has 0 radical (unpaired) electrons. The van der Waals surface area contributed by atoms with Crippen molar-refractivity contribution in [1.82, 2.24) is 0 Å². The van der Waals surface area contributed by atoms with Crippen LogP contribution < -0.4 is 0 Å². The first-order valence-electron chi connectivity index (χ1n) is 5.82. The molecule has 0 aromatic rings. The second-order valence-corrected chi connectivity index (χ2v) is 4.81. The Labute approximate surface area is 117 Å². The number of phosphoric ester groups is 1. The molecule has 0 spiro atoms. The van der Waals surface area contributed by atoms with Gasteiger partial charge < -0.3 is 14.4 Å². The molecule has 20 heavy (non-hydrogen) atoms. The number of phosphoric acid groups is 1. The molecule has 0 aliphatic rings. The van der Waals surface area contributed by atoms with E-state index < -0.39 is 13.8 Å². The number of carbonyl (C=O) groups is 2. The molecule has 0 aliphatic carbocycles. The fourth-order valence-electron chi connectivity index (χ4n) is 0.915. The number of aldehydes is 1. The Bertz CT molecular complexity index is 394. The van der Waals surface area contributed by atoms with E-state index in [4.69, 9.17) is 0 Å². The molecule has 0 aromatic heterocycles. The Balaban J connectivity index is 3.68. The largest absolute Gasteiger partial charge is 0.472 e. The van der Waals surface area contributed by atoms with Crippen LogP contribution in [0.2, 0.25) is 0 Å². The molecule has 0 bridgehead atoms. The van der Waals surface area contributed by atoms with Crippen LogP contribution in [0, 0.1) is 0 Å². The average Bonchev–Trinajstić information content (AvgIpc) is 2.38. The number of ether oxygens (including phenoxy) is 1. The van der Waals surface area contributed by atoms with Crippen LogP contribution in [0.3, 0.4) is 0 Å². The van der Waals surface area contributed by atoms with E-state index in [2.05, 4.69) is 18.8 Å². The molecule has 0 saturated heterocycles. The van der Waals surface area contributed by atoms with Crippen LogP contribution >= 0.6 is 7.82 Å². The van der Waals surface area contributed by atoms with Gasteiger partial charge in [-0.1, -0.05) is 6.08 Å². The molecular weight excluding hydrogens is 289 g/mol. The van der Waals surface area contributed by atoms with E-state index in [1.54, 1.807) is 12.2 Å². The highest BCUT2D eigenvalue weighted by molar-refractivity contribution is 7.47. The third-order valence-corrected chi connectivity index (χ3v) is 2.70. The number of aliphatic imine (C=N–C) groups is 1. The van der Waals surface area contributed by atoms with Gasteiger partial charge in [0.25, 0.3) is 0 Å². The minimum absolute atomic E-state index is 0.0979. The summed E-state index contributed by atoms with van der Waals surface area (Å²) in [5, 5.41) is 0. The lowest BCUT2D eigenvalue weighted by molar-refractivity contribution is -0.141. The molecule has 0 fully saturated rings. The van der Waals surface area contributed by atoms with Gasteiger partial charge >= 0.3 is 13.8 Å². The Hall–Kier alpha value is -1.34. The predicted octanol–water partition coefficient (Wildman–Crippen LogP) is 0.899. The summed E-state index contributed by atoms with van der Waals surface area (Å²) < 4.78 is 25.0. The van der Waals surface area contributed by atoms with Gasteiger partial charge in [-0.3, -0.25) is 18.8 Å². The molecule has 0 amide bonds. The summed E-state index contributed by atoms with van der Waals surface area (Å²) in [4.78, 5) is 33.5. The summed E-state index contributed by atoms with van der Waals surface area (Å²) in [6.45, 7) is 0.938. The molecule has 1 atom stereocenters. The van der Waals surface area contributed by atoms with E-state index in [0.29, 0.717) is 6.42 Å². The van der Waals surface area contributed by atoms with Crippen LogP contribution in [-0.2, 0) is 27.9 Å². The monoisotopic (exact) mass is 307 g/mol. The maximum atomic E-state index is 11.3. The minimum Gasteiger partial charge on any atom is -0.463 e. The third-order valence-electron chi connectivity index (χ3n) is 1.68. The Kier molecular flexibility index (Phi) is 10.7. The Morgan fingerprint density at radius 2 is 2.00 bits per heavy atom. The summed E-state index contributed by atoms with van der Waals surface area (Å²) >= 11 is 0. The molecule has 0 aliphatic heterocycles. The number of allylic oxidation sites excluding steroid dienone is 2. The van der Waals surface area contributed by atoms with E-state index >= 15 is 0 Å². The van der Waals surface area contributed by atoms with E-state index in [0.717, 1.165) is 6.29 Å². The van der Waals surface area contributed by atoms with Gasteiger partial charge in [-0.2, -0.15) is 0 Å². The highest BCUT2D eigenvalue weighted by atomic mass is 31.2. The Morgan fingerprint density at radius 1 is 1.30 bits per heavy atom. The first kappa shape index (κ1) is 18.7. The highest BCUT2D eigenvalue weighted by Crippen LogP contribution is 2.42. The number of esters is 1. The van der Waals surface area contributed by atoms with Gasteiger partial charge in [-0.05, 0) is 6.08 Å². The lowest BCUT2D eigenvalue weighted by atomic mass is 10.4. The fraction of sp³-hybridized carbons (Fsp3) is 0.545. The lowest BCUT2D eigenvalue weighted by Crippen LogP contribution is -2.08. The van der Waals surface area contributed by atoms with Crippen molar-refractivity contribution in [2.75, 3.05) is 26.4 Å². The van der Waals surface area contributed by atoms with Gasteiger partial charge in [0.15, 0.2) is 0 Å². The van der Waals surface area contributed by atoms with Gasteiger partial charge in [0.2, 0.25) is 0 Å². The van der Waals surface area contributed by atoms with Crippen LogP contribution in [0.1, 0.15) is 13.3 Å². The van der Waals surface area contributed by atoms with Crippen molar-refractivity contribution in [2.45, 2.75) is 13.3 Å². The van der Waals surface area contributed by atoms with E-state index in [1.807, 2.05) is 0 Å². The molecule has 0 rings (SSSR count). The van der Waals surface area contributed by atoms with Crippen molar-refractivity contribution in [3.63, 3.8) is 0 Å². The Morgan fingerprint density at radius 3 is 2.65 bits per heavy atom. The first-order valence-corrected chi connectivity index (χ1v) is 7.31. The predicted molar refractivity (Wildman–Crippen MR) is 71.5 cm³/mol. The second kappa shape index (κ2) is 11.5. The number of hydrogen-bond acceptors (Lipinski definition) is 7. The zero-order valence-electron chi connectivity index (χ0n) is 11.1. The zero-order valence-corrected chi connectivity index (χ0v) is 12.0. The number of nitrogens with zero attached hydrogens (tertiary/aromatic N) is 1. The average molecular weight is 307 g/mol. The SMILES string of the molecule is CC(=O)OCCOP(=O)(O)OCCN=C/C=C\CC=O. The van der Waals surface area contributed by atoms with Crippen molar-refractivity contribution in [2.24, 2.45) is 4.99 Å². The topological polar surface area (TPSA) is 111 Å². The standard InChI is InChI=1S/C11H18NO7P/c1-11(14)17-9-10-19-20(15,16)18-8-6-12-5-3-2-4-7-13/h2-3,5,7H,4,6,8-10H2,1H3,(H,15,16)/b3-2-,12-5?. The van der Waals surface area contributed by atoms with Gasteiger partial charge in [-0.15, -0.1) is 0 Å². The van der Waals surface area contributed by atoms with Gasteiger partial charge in [0.1, 0.15) is 12.9 Å². The van der Waals surface area contributed by atoms with Crippen LogP contribution in [0.4, 0.5) is 0 Å². The van der Waals surface area contributed by atoms with Crippen LogP contribution in [0.15, 0.2) is 17.1 Å². The molecule has 0 aromatic carbocycles. The van der Waals surface area contributed by atoms with Crippen LogP contribution in [-0.4, -0.2) is 49.7 Å². The number of rotatable bonds is 11. The van der Waals surface area contributed by atoms with Crippen molar-refractivity contribution < 1.29 is 32.8 Å². The molecule has 9 heteroatoms. The molecular formula is C11H18NO7P. The number of carbonyl (C=O) groups excluding carboxylic acids is 2. The molecule has 0 heterocycles. The van der Waals surface area contributed by atoms with Crippen LogP contribution in [0.25, 0.3) is 0 Å².